The highest BCUT2D eigenvalue weighted by Crippen LogP contribution is 2.05. The van der Waals surface area contributed by atoms with Gasteiger partial charge in [0.2, 0.25) is 0 Å². The molecule has 0 saturated carbocycles. The number of para-hydroxylation sites is 2. The molecule has 0 aromatic heterocycles. The third kappa shape index (κ3) is 13.0. The first-order valence-electron chi connectivity index (χ1n) is 6.47. The van der Waals surface area contributed by atoms with Crippen molar-refractivity contribution in [1.29, 1.82) is 0 Å². The van der Waals surface area contributed by atoms with Crippen LogP contribution in [0.15, 0.2) is 72.8 Å². The third-order valence-electron chi connectivity index (χ3n) is 2.13. The van der Waals surface area contributed by atoms with Crippen LogP contribution in [0.1, 0.15) is 0 Å². The molecule has 8 heteroatoms. The third-order valence-corrected chi connectivity index (χ3v) is 2.57. The van der Waals surface area contributed by atoms with Gasteiger partial charge in [-0.15, -0.1) is 0 Å². The first-order chi connectivity index (χ1) is 11.5. The fourth-order valence-corrected chi connectivity index (χ4v) is 1.40. The lowest BCUT2D eigenvalue weighted by molar-refractivity contribution is -0.134. The molecule has 2 aromatic rings. The van der Waals surface area contributed by atoms with Crippen molar-refractivity contribution in [3.63, 3.8) is 0 Å². The largest absolute Gasteiger partial charge is 0.478 e. The molecular weight excluding hydrogens is 355 g/mol. The minimum Gasteiger partial charge on any atom is -0.478 e. The average molecular weight is 371 g/mol. The Kier molecular flexibility index (Phi) is 12.4. The number of aliphatic carboxylic acids is 2. The Morgan fingerprint density at radius 2 is 1.00 bits per heavy atom. The number of hydrogen-bond acceptors (Lipinski definition) is 4. The zero-order valence-electron chi connectivity index (χ0n) is 12.4. The molecular formula is C16H16Cl2N2O4. The van der Waals surface area contributed by atoms with Gasteiger partial charge < -0.3 is 10.2 Å². The predicted octanol–water partition coefficient (Wildman–Crippen LogP) is 4.22. The van der Waals surface area contributed by atoms with Crippen molar-refractivity contribution in [2.45, 2.75) is 0 Å². The average Bonchev–Trinajstić information content (AvgIpc) is 2.62. The van der Waals surface area contributed by atoms with E-state index in [0.29, 0.717) is 12.2 Å². The summed E-state index contributed by atoms with van der Waals surface area (Å²) >= 11 is 10.6. The zero-order valence-corrected chi connectivity index (χ0v) is 13.9. The number of rotatable bonds is 4. The van der Waals surface area contributed by atoms with Crippen molar-refractivity contribution in [3.8, 4) is 0 Å². The lowest BCUT2D eigenvalue weighted by atomic mass is 10.3. The smallest absolute Gasteiger partial charge is 0.328 e. The number of benzene rings is 2. The summed E-state index contributed by atoms with van der Waals surface area (Å²) in [4.78, 5) is 24.1. The Balaban J connectivity index is 0.000000331. The van der Waals surface area contributed by atoms with Gasteiger partial charge in [-0.3, -0.25) is 9.67 Å². The molecule has 0 bridgehead atoms. The minimum absolute atomic E-state index is 0.558. The van der Waals surface area contributed by atoms with Gasteiger partial charge in [-0.1, -0.05) is 36.4 Å². The van der Waals surface area contributed by atoms with Gasteiger partial charge in [-0.2, -0.15) is 0 Å². The SMILES string of the molecule is ClNc1ccccc1.ClNc1ccccc1.O=C(O)C=CC(=O)O. The maximum Gasteiger partial charge on any atom is 0.328 e. The number of halogens is 2. The maximum atomic E-state index is 9.55. The summed E-state index contributed by atoms with van der Waals surface area (Å²) in [6, 6.07) is 19.2. The Hall–Kier alpha value is -2.70. The van der Waals surface area contributed by atoms with Gasteiger partial charge in [0.15, 0.2) is 0 Å². The van der Waals surface area contributed by atoms with E-state index in [1.165, 1.54) is 0 Å². The molecule has 2 rings (SSSR count). The number of hydrogen-bond donors (Lipinski definition) is 4. The standard InChI is InChI=1S/2C6H6ClN.C4H4O4/c2*7-8-6-4-2-1-3-5-6;5-3(6)1-2-4(7)8/h2*1-5,8H;1-2H,(H,5,6)(H,7,8). The Labute approximate surface area is 149 Å². The normalized spacial score (nSPS) is 8.92. The first kappa shape index (κ1) is 21.3. The molecule has 0 aliphatic heterocycles. The molecule has 0 heterocycles. The number of anilines is 2. The maximum absolute atomic E-state index is 9.55. The predicted molar refractivity (Wildman–Crippen MR) is 96.2 cm³/mol. The molecule has 6 nitrogen and oxygen atoms in total. The summed E-state index contributed by atoms with van der Waals surface area (Å²) in [5.74, 6) is -2.51. The monoisotopic (exact) mass is 370 g/mol. The summed E-state index contributed by atoms with van der Waals surface area (Å²) in [6.07, 6.45) is 1.12. The highest BCUT2D eigenvalue weighted by molar-refractivity contribution is 6.24. The zero-order chi connectivity index (χ0) is 18.2. The van der Waals surface area contributed by atoms with Crippen LogP contribution in [0, 0.1) is 0 Å². The molecule has 0 atom stereocenters. The molecule has 2 aromatic carbocycles. The van der Waals surface area contributed by atoms with Crippen molar-refractivity contribution in [2.75, 3.05) is 9.67 Å². The summed E-state index contributed by atoms with van der Waals surface area (Å²) in [5, 5.41) is 15.6. The molecule has 0 radical (unpaired) electrons. The Morgan fingerprint density at radius 3 is 1.17 bits per heavy atom. The van der Waals surface area contributed by atoms with Gasteiger partial charge >= 0.3 is 11.9 Å². The number of carboxylic acid groups (broad SMARTS) is 2. The molecule has 24 heavy (non-hydrogen) atoms. The van der Waals surface area contributed by atoms with Crippen molar-refractivity contribution in [1.82, 2.24) is 0 Å². The van der Waals surface area contributed by atoms with E-state index in [2.05, 4.69) is 9.67 Å². The van der Waals surface area contributed by atoms with E-state index in [1.54, 1.807) is 0 Å². The van der Waals surface area contributed by atoms with Crippen LogP contribution < -0.4 is 9.67 Å². The van der Waals surface area contributed by atoms with E-state index in [9.17, 15) is 9.59 Å². The summed E-state index contributed by atoms with van der Waals surface area (Å²) in [7, 11) is 0. The highest BCUT2D eigenvalue weighted by atomic mass is 35.5. The van der Waals surface area contributed by atoms with Crippen LogP contribution in [0.5, 0.6) is 0 Å². The minimum atomic E-state index is -1.26. The molecule has 4 N–H and O–H groups in total. The van der Waals surface area contributed by atoms with Crippen molar-refractivity contribution in [3.05, 3.63) is 72.8 Å². The van der Waals surface area contributed by atoms with E-state index in [0.717, 1.165) is 11.4 Å². The summed E-state index contributed by atoms with van der Waals surface area (Å²) < 4.78 is 0. The van der Waals surface area contributed by atoms with Crippen LogP contribution in [0.4, 0.5) is 11.4 Å². The second-order valence-corrected chi connectivity index (χ2v) is 4.31. The number of nitrogens with one attached hydrogen (secondary N) is 2. The fourth-order valence-electron chi connectivity index (χ4n) is 1.14. The van der Waals surface area contributed by atoms with Crippen LogP contribution in [-0.4, -0.2) is 22.2 Å². The van der Waals surface area contributed by atoms with Crippen LogP contribution in [-0.2, 0) is 9.59 Å². The van der Waals surface area contributed by atoms with Gasteiger partial charge in [0.25, 0.3) is 0 Å². The Morgan fingerprint density at radius 1 is 0.708 bits per heavy atom. The molecule has 0 fully saturated rings. The van der Waals surface area contributed by atoms with Gasteiger partial charge in [0, 0.05) is 47.1 Å². The lowest BCUT2D eigenvalue weighted by Crippen LogP contribution is -1.91. The van der Waals surface area contributed by atoms with Crippen LogP contribution in [0.3, 0.4) is 0 Å². The van der Waals surface area contributed by atoms with Crippen LogP contribution in [0.2, 0.25) is 0 Å². The number of carbonyl (C=O) groups is 2. The van der Waals surface area contributed by atoms with E-state index in [4.69, 9.17) is 33.8 Å². The van der Waals surface area contributed by atoms with E-state index in [1.807, 2.05) is 60.7 Å². The quantitative estimate of drug-likeness (QED) is 0.475. The van der Waals surface area contributed by atoms with Gasteiger partial charge in [-0.25, -0.2) is 9.59 Å². The Bertz CT molecular complexity index is 567. The number of carboxylic acids is 2. The molecule has 0 saturated heterocycles. The molecule has 0 aliphatic rings. The molecule has 0 aliphatic carbocycles. The lowest BCUT2D eigenvalue weighted by Gasteiger charge is -1.91. The molecule has 128 valence electrons. The molecule has 0 unspecified atom stereocenters. The fraction of sp³-hybridized carbons (Fsp3) is 0. The van der Waals surface area contributed by atoms with E-state index in [-0.39, 0.29) is 0 Å². The summed E-state index contributed by atoms with van der Waals surface area (Å²) in [6.45, 7) is 0. The van der Waals surface area contributed by atoms with Crippen molar-refractivity contribution < 1.29 is 19.8 Å². The second kappa shape index (κ2) is 13.9. The topological polar surface area (TPSA) is 98.7 Å². The van der Waals surface area contributed by atoms with Gasteiger partial charge in [-0.05, 0) is 24.3 Å². The van der Waals surface area contributed by atoms with Gasteiger partial charge in [0.1, 0.15) is 0 Å². The van der Waals surface area contributed by atoms with Crippen LogP contribution >= 0.6 is 23.6 Å². The second-order valence-electron chi connectivity index (χ2n) is 3.93. The van der Waals surface area contributed by atoms with Crippen LogP contribution in [0.25, 0.3) is 0 Å². The van der Waals surface area contributed by atoms with Gasteiger partial charge in [0.05, 0.1) is 0 Å². The summed E-state index contributed by atoms with van der Waals surface area (Å²) in [5.41, 5.74) is 1.85. The highest BCUT2D eigenvalue weighted by Gasteiger charge is 1.88. The van der Waals surface area contributed by atoms with Crippen molar-refractivity contribution >= 4 is 46.9 Å². The first-order valence-corrected chi connectivity index (χ1v) is 7.22. The van der Waals surface area contributed by atoms with Crippen molar-refractivity contribution in [2.24, 2.45) is 0 Å². The molecule has 0 amide bonds. The van der Waals surface area contributed by atoms with E-state index < -0.39 is 11.9 Å². The van der Waals surface area contributed by atoms with E-state index >= 15 is 0 Å². The molecule has 0 spiro atoms.